The Morgan fingerprint density at radius 2 is 1.00 bits per heavy atom. The zero-order chi connectivity index (χ0) is 30.7. The maximum Gasteiger partial charge on any atom is 0.238 e. The first-order chi connectivity index (χ1) is 20.4. The summed E-state index contributed by atoms with van der Waals surface area (Å²) in [7, 11) is 0. The van der Waals surface area contributed by atoms with Crippen molar-refractivity contribution in [3.05, 3.63) is 104 Å². The van der Waals surface area contributed by atoms with Gasteiger partial charge in [-0.15, -0.1) is 0 Å². The summed E-state index contributed by atoms with van der Waals surface area (Å²) >= 11 is 3.52. The molecule has 7 heteroatoms. The van der Waals surface area contributed by atoms with Crippen molar-refractivity contribution < 1.29 is 19.2 Å². The third-order valence-corrected chi connectivity index (χ3v) is 10.7. The Bertz CT molecular complexity index is 1680. The fourth-order valence-corrected chi connectivity index (χ4v) is 9.25. The van der Waals surface area contributed by atoms with Crippen LogP contribution in [0, 0.1) is 71.1 Å². The number of hydrogen-bond acceptors (Lipinski definition) is 4. The van der Waals surface area contributed by atoms with Gasteiger partial charge in [-0.3, -0.25) is 19.2 Å². The molecule has 3 aromatic rings. The number of nitrogens with zero attached hydrogens (tertiary/aromatic N) is 2. The normalized spacial score (nSPS) is 29.1. The lowest BCUT2D eigenvalue weighted by Crippen LogP contribution is -2.60. The van der Waals surface area contributed by atoms with E-state index in [-0.39, 0.29) is 23.6 Å². The van der Waals surface area contributed by atoms with Crippen LogP contribution in [0.4, 0.5) is 11.4 Å². The topological polar surface area (TPSA) is 74.8 Å². The number of hydrogen-bond donors (Lipinski definition) is 0. The molecule has 8 rings (SSSR count). The highest BCUT2D eigenvalue weighted by Crippen LogP contribution is 2.65. The van der Waals surface area contributed by atoms with Crippen LogP contribution in [0.3, 0.4) is 0 Å². The van der Waals surface area contributed by atoms with Crippen molar-refractivity contribution in [2.45, 2.75) is 47.0 Å². The van der Waals surface area contributed by atoms with Gasteiger partial charge in [0.25, 0.3) is 0 Å². The smallest absolute Gasteiger partial charge is 0.238 e. The molecule has 6 atom stereocenters. The summed E-state index contributed by atoms with van der Waals surface area (Å²) in [5.41, 5.74) is 6.31. The molecule has 2 saturated heterocycles. The number of aryl methyl sites for hydroxylation is 6. The van der Waals surface area contributed by atoms with Gasteiger partial charge in [-0.05, 0) is 81.5 Å². The summed E-state index contributed by atoms with van der Waals surface area (Å²) in [5.74, 6) is -4.87. The van der Waals surface area contributed by atoms with Crippen LogP contribution in [0.2, 0.25) is 0 Å². The van der Waals surface area contributed by atoms with E-state index in [1.807, 2.05) is 102 Å². The van der Waals surface area contributed by atoms with Crippen LogP contribution in [-0.4, -0.2) is 23.6 Å². The highest BCUT2D eigenvalue weighted by Gasteiger charge is 2.75. The fraction of sp³-hybridized carbons (Fsp3) is 0.333. The molecule has 0 N–H and O–H groups in total. The predicted molar refractivity (Wildman–Crippen MR) is 169 cm³/mol. The Morgan fingerprint density at radius 3 is 1.40 bits per heavy atom. The van der Waals surface area contributed by atoms with Crippen molar-refractivity contribution in [1.82, 2.24) is 0 Å². The summed E-state index contributed by atoms with van der Waals surface area (Å²) in [4.78, 5) is 61.1. The Labute approximate surface area is 259 Å². The summed E-state index contributed by atoms with van der Waals surface area (Å²) in [6.07, 6.45) is 3.91. The zero-order valence-corrected chi connectivity index (χ0v) is 26.7. The Kier molecular flexibility index (Phi) is 6.07. The highest BCUT2D eigenvalue weighted by molar-refractivity contribution is 9.10. The van der Waals surface area contributed by atoms with E-state index < -0.39 is 35.0 Å². The van der Waals surface area contributed by atoms with Crippen LogP contribution in [0.1, 0.15) is 38.9 Å². The van der Waals surface area contributed by atoms with Gasteiger partial charge in [-0.1, -0.05) is 75.6 Å². The average molecular weight is 638 g/mol. The van der Waals surface area contributed by atoms with E-state index >= 15 is 0 Å². The number of rotatable bonds is 3. The van der Waals surface area contributed by atoms with E-state index in [0.717, 1.165) is 43.4 Å². The van der Waals surface area contributed by atoms with Gasteiger partial charge in [0, 0.05) is 15.8 Å². The molecule has 6 nitrogen and oxygen atoms in total. The molecule has 2 unspecified atom stereocenters. The number of halogens is 1. The Balaban J connectivity index is 1.45. The van der Waals surface area contributed by atoms with Crippen LogP contribution >= 0.6 is 15.9 Å². The lowest BCUT2D eigenvalue weighted by molar-refractivity contribution is -0.140. The summed E-state index contributed by atoms with van der Waals surface area (Å²) in [6.45, 7) is 11.7. The van der Waals surface area contributed by atoms with Crippen LogP contribution in [-0.2, 0) is 24.6 Å². The number of imide groups is 2. The lowest BCUT2D eigenvalue weighted by Gasteiger charge is -2.53. The minimum absolute atomic E-state index is 0.291. The first-order valence-corrected chi connectivity index (χ1v) is 15.5. The number of carbonyl (C=O) groups is 4. The number of allylic oxidation sites excluding steroid dienone is 2. The van der Waals surface area contributed by atoms with E-state index in [1.165, 1.54) is 9.80 Å². The van der Waals surface area contributed by atoms with Crippen LogP contribution in [0.25, 0.3) is 0 Å². The van der Waals surface area contributed by atoms with Gasteiger partial charge in [0.15, 0.2) is 0 Å². The van der Waals surface area contributed by atoms with Crippen molar-refractivity contribution in [1.29, 1.82) is 0 Å². The Hall–Kier alpha value is -3.84. The summed E-state index contributed by atoms with van der Waals surface area (Å²) in [5, 5.41) is 0. The van der Waals surface area contributed by atoms with E-state index in [9.17, 15) is 19.2 Å². The predicted octanol–water partition coefficient (Wildman–Crippen LogP) is 6.35. The molecule has 0 radical (unpaired) electrons. The largest absolute Gasteiger partial charge is 0.274 e. The van der Waals surface area contributed by atoms with Gasteiger partial charge in [0.1, 0.15) is 0 Å². The summed E-state index contributed by atoms with van der Waals surface area (Å²) in [6, 6.07) is 15.5. The van der Waals surface area contributed by atoms with E-state index in [0.29, 0.717) is 11.4 Å². The van der Waals surface area contributed by atoms with Crippen molar-refractivity contribution >= 4 is 50.9 Å². The van der Waals surface area contributed by atoms with E-state index in [2.05, 4.69) is 15.9 Å². The molecule has 3 fully saturated rings. The maximum absolute atomic E-state index is 14.7. The van der Waals surface area contributed by atoms with Crippen molar-refractivity contribution in [3.63, 3.8) is 0 Å². The number of benzene rings is 3. The number of carbonyl (C=O) groups excluding carboxylic acids is 4. The molecule has 4 amide bonds. The monoisotopic (exact) mass is 636 g/mol. The highest BCUT2D eigenvalue weighted by atomic mass is 79.9. The Morgan fingerprint density at radius 1 is 0.605 bits per heavy atom. The third kappa shape index (κ3) is 3.57. The van der Waals surface area contributed by atoms with Gasteiger partial charge in [0.05, 0.1) is 35.0 Å². The van der Waals surface area contributed by atoms with E-state index in [4.69, 9.17) is 0 Å². The molecule has 3 aliphatic carbocycles. The molecule has 2 aliphatic heterocycles. The van der Waals surface area contributed by atoms with Crippen molar-refractivity contribution in [2.24, 2.45) is 29.6 Å². The lowest BCUT2D eigenvalue weighted by atomic mass is 9.45. The molecule has 1 saturated carbocycles. The third-order valence-electron chi connectivity index (χ3n) is 10.2. The SMILES string of the molecule is Cc1cc(C)c(N2C(=O)[C@@H]3C4C=CC(c5ccc(Br)cc5)([C@@H]3C2=O)[C@@H]2C(=O)N(c3c(C)cc(C)cc3C)C(=O)[C@@H]42)c(C)c1. The van der Waals surface area contributed by atoms with E-state index in [1.54, 1.807) is 0 Å². The van der Waals surface area contributed by atoms with Crippen LogP contribution in [0.5, 0.6) is 0 Å². The minimum atomic E-state index is -1.16. The maximum atomic E-state index is 14.7. The number of amides is 4. The second kappa shape index (κ2) is 9.33. The van der Waals surface area contributed by atoms with Gasteiger partial charge in [-0.2, -0.15) is 0 Å². The first kappa shape index (κ1) is 28.0. The van der Waals surface area contributed by atoms with Gasteiger partial charge < -0.3 is 0 Å². The molecule has 218 valence electrons. The molecule has 5 aliphatic rings. The molecule has 43 heavy (non-hydrogen) atoms. The minimum Gasteiger partial charge on any atom is -0.274 e. The van der Waals surface area contributed by atoms with Gasteiger partial charge >= 0.3 is 0 Å². The van der Waals surface area contributed by atoms with Gasteiger partial charge in [-0.25, -0.2) is 9.80 Å². The average Bonchev–Trinajstić information content (AvgIpc) is 3.36. The summed E-state index contributed by atoms with van der Waals surface area (Å²) < 4.78 is 0.858. The van der Waals surface area contributed by atoms with Gasteiger partial charge in [0.2, 0.25) is 23.6 Å². The molecule has 0 aromatic heterocycles. The van der Waals surface area contributed by atoms with Crippen molar-refractivity contribution in [2.75, 3.05) is 9.80 Å². The molecule has 2 heterocycles. The zero-order valence-electron chi connectivity index (χ0n) is 25.1. The van der Waals surface area contributed by atoms with Crippen molar-refractivity contribution in [3.8, 4) is 0 Å². The van der Waals surface area contributed by atoms with Crippen LogP contribution < -0.4 is 9.80 Å². The molecule has 0 spiro atoms. The molecular weight excluding hydrogens is 604 g/mol. The second-order valence-electron chi connectivity index (χ2n) is 12.9. The molecule has 2 bridgehead atoms. The fourth-order valence-electron chi connectivity index (χ4n) is 8.98. The molecule has 3 aromatic carbocycles. The first-order valence-electron chi connectivity index (χ1n) is 14.7. The standard InChI is InChI=1S/C36H33BrN2O4/c1-17-13-19(3)30(20(4)14-17)38-32(40)26-25-11-12-36(28(26)34(38)42,23-7-9-24(37)10-8-23)29-27(25)33(41)39(35(29)43)31-21(5)15-18(2)16-22(31)6/h7-16,25-29H,1-6H3/t25?,26-,27+,28-,29-,36?/m0/s1. The number of anilines is 2. The second-order valence-corrected chi connectivity index (χ2v) is 13.8. The molecular formula is C36H33BrN2O4. The van der Waals surface area contributed by atoms with Crippen LogP contribution in [0.15, 0.2) is 65.2 Å². The quantitative estimate of drug-likeness (QED) is 0.248.